The number of aliphatic hydroxyl groups is 2. The van der Waals surface area contributed by atoms with Crippen molar-refractivity contribution in [2.75, 3.05) is 31.2 Å². The van der Waals surface area contributed by atoms with E-state index in [1.54, 1.807) is 0 Å². The molecule has 0 saturated heterocycles. The van der Waals surface area contributed by atoms with Gasteiger partial charge in [-0.15, -0.1) is 0 Å². The van der Waals surface area contributed by atoms with Gasteiger partial charge < -0.3 is 20.8 Å². The fraction of sp³-hybridized carbons (Fsp3) is 0.583. The average molecular weight is 239 g/mol. The Morgan fingerprint density at radius 2 is 1.82 bits per heavy atom. The number of nitrogens with zero attached hydrogens (tertiary/aromatic N) is 2. The van der Waals surface area contributed by atoms with Crippen molar-refractivity contribution >= 4 is 5.82 Å². The van der Waals surface area contributed by atoms with Crippen LogP contribution in [-0.2, 0) is 6.54 Å². The van der Waals surface area contributed by atoms with Crippen LogP contribution in [0.15, 0.2) is 6.07 Å². The van der Waals surface area contributed by atoms with Crippen molar-refractivity contribution in [3.63, 3.8) is 0 Å². The van der Waals surface area contributed by atoms with Gasteiger partial charge in [0.15, 0.2) is 0 Å². The molecule has 0 aromatic carbocycles. The van der Waals surface area contributed by atoms with Gasteiger partial charge in [-0.2, -0.15) is 0 Å². The minimum absolute atomic E-state index is 0.0265. The van der Waals surface area contributed by atoms with Gasteiger partial charge in [0.05, 0.1) is 13.2 Å². The lowest BCUT2D eigenvalue weighted by Gasteiger charge is -2.25. The molecule has 0 aliphatic carbocycles. The summed E-state index contributed by atoms with van der Waals surface area (Å²) in [6.07, 6.45) is 0. The minimum atomic E-state index is 0.0265. The van der Waals surface area contributed by atoms with Crippen molar-refractivity contribution in [3.8, 4) is 0 Å². The maximum absolute atomic E-state index is 9.04. The summed E-state index contributed by atoms with van der Waals surface area (Å²) >= 11 is 0. The number of rotatable bonds is 6. The molecule has 0 radical (unpaired) electrons. The Morgan fingerprint density at radius 1 is 1.24 bits per heavy atom. The van der Waals surface area contributed by atoms with Crippen LogP contribution in [0.3, 0.4) is 0 Å². The quantitative estimate of drug-likeness (QED) is 0.648. The summed E-state index contributed by atoms with van der Waals surface area (Å²) in [5.74, 6) is 0.771. The van der Waals surface area contributed by atoms with E-state index in [1.807, 2.05) is 24.8 Å². The normalized spacial score (nSPS) is 10.6. The Morgan fingerprint density at radius 3 is 2.29 bits per heavy atom. The van der Waals surface area contributed by atoms with Crippen LogP contribution < -0.4 is 10.6 Å². The molecule has 1 rings (SSSR count). The second kappa shape index (κ2) is 6.54. The van der Waals surface area contributed by atoms with Crippen molar-refractivity contribution in [1.82, 2.24) is 4.98 Å². The van der Waals surface area contributed by atoms with E-state index in [-0.39, 0.29) is 13.2 Å². The third-order valence-electron chi connectivity index (χ3n) is 2.70. The van der Waals surface area contributed by atoms with Crippen molar-refractivity contribution in [3.05, 3.63) is 22.9 Å². The Hall–Kier alpha value is -1.17. The zero-order valence-corrected chi connectivity index (χ0v) is 10.5. The highest BCUT2D eigenvalue weighted by Gasteiger charge is 2.14. The van der Waals surface area contributed by atoms with Crippen molar-refractivity contribution < 1.29 is 10.2 Å². The van der Waals surface area contributed by atoms with Crippen molar-refractivity contribution in [2.24, 2.45) is 5.73 Å². The third-order valence-corrected chi connectivity index (χ3v) is 2.70. The first-order valence-electron chi connectivity index (χ1n) is 5.77. The number of aromatic nitrogens is 1. The standard InChI is InChI=1S/C12H21N3O2/c1-9-7-10(2)14-12(11(9)8-13)15(3-5-16)4-6-17/h7,16-17H,3-6,8,13H2,1-2H3. The molecule has 5 heteroatoms. The Balaban J connectivity index is 3.15. The van der Waals surface area contributed by atoms with Gasteiger partial charge in [-0.1, -0.05) is 0 Å². The van der Waals surface area contributed by atoms with Gasteiger partial charge in [0, 0.05) is 30.9 Å². The number of hydrogen-bond donors (Lipinski definition) is 3. The summed E-state index contributed by atoms with van der Waals surface area (Å²) in [5, 5.41) is 18.1. The molecule has 1 aromatic rings. The minimum Gasteiger partial charge on any atom is -0.395 e. The van der Waals surface area contributed by atoms with Crippen molar-refractivity contribution in [2.45, 2.75) is 20.4 Å². The second-order valence-electron chi connectivity index (χ2n) is 4.02. The van der Waals surface area contributed by atoms with Gasteiger partial charge in [-0.3, -0.25) is 0 Å². The molecule has 0 bridgehead atoms. The molecular formula is C12H21N3O2. The van der Waals surface area contributed by atoms with E-state index in [4.69, 9.17) is 15.9 Å². The lowest BCUT2D eigenvalue weighted by molar-refractivity contribution is 0.280. The van der Waals surface area contributed by atoms with Crippen LogP contribution >= 0.6 is 0 Å². The number of aryl methyl sites for hydroxylation is 2. The lowest BCUT2D eigenvalue weighted by atomic mass is 10.1. The number of aliphatic hydroxyl groups excluding tert-OH is 2. The Labute approximate surface area is 102 Å². The molecular weight excluding hydrogens is 218 g/mol. The lowest BCUT2D eigenvalue weighted by Crippen LogP contribution is -2.32. The van der Waals surface area contributed by atoms with Crippen LogP contribution in [-0.4, -0.2) is 41.5 Å². The molecule has 0 unspecified atom stereocenters. The maximum Gasteiger partial charge on any atom is 0.133 e. The first kappa shape index (κ1) is 13.9. The molecule has 1 aromatic heterocycles. The molecule has 96 valence electrons. The third kappa shape index (κ3) is 3.39. The van der Waals surface area contributed by atoms with Gasteiger partial charge in [-0.05, 0) is 25.5 Å². The molecule has 0 atom stereocenters. The molecule has 0 aliphatic heterocycles. The van der Waals surface area contributed by atoms with Gasteiger partial charge in [0.25, 0.3) is 0 Å². The highest BCUT2D eigenvalue weighted by molar-refractivity contribution is 5.51. The Kier molecular flexibility index (Phi) is 5.34. The van der Waals surface area contributed by atoms with Crippen LogP contribution in [0.5, 0.6) is 0 Å². The van der Waals surface area contributed by atoms with E-state index in [0.717, 1.165) is 22.6 Å². The summed E-state index contributed by atoms with van der Waals surface area (Å²) in [6.45, 7) is 5.27. The van der Waals surface area contributed by atoms with Gasteiger partial charge in [0.1, 0.15) is 5.82 Å². The molecule has 4 N–H and O–H groups in total. The second-order valence-corrected chi connectivity index (χ2v) is 4.02. The molecule has 0 fully saturated rings. The largest absolute Gasteiger partial charge is 0.395 e. The van der Waals surface area contributed by atoms with E-state index in [1.165, 1.54) is 0 Å². The molecule has 1 heterocycles. The molecule has 5 nitrogen and oxygen atoms in total. The molecule has 0 saturated carbocycles. The number of pyridine rings is 1. The first-order chi connectivity index (χ1) is 8.13. The summed E-state index contributed by atoms with van der Waals surface area (Å²) in [6, 6.07) is 1.99. The van der Waals surface area contributed by atoms with Crippen LogP contribution in [0.2, 0.25) is 0 Å². The van der Waals surface area contributed by atoms with E-state index in [9.17, 15) is 0 Å². The summed E-state index contributed by atoms with van der Waals surface area (Å²) in [5.41, 5.74) is 8.72. The van der Waals surface area contributed by atoms with Crippen LogP contribution in [0, 0.1) is 13.8 Å². The van der Waals surface area contributed by atoms with Crippen LogP contribution in [0.1, 0.15) is 16.8 Å². The number of nitrogens with two attached hydrogens (primary N) is 1. The zero-order chi connectivity index (χ0) is 12.8. The topological polar surface area (TPSA) is 82.6 Å². The first-order valence-corrected chi connectivity index (χ1v) is 5.77. The van der Waals surface area contributed by atoms with Crippen LogP contribution in [0.25, 0.3) is 0 Å². The van der Waals surface area contributed by atoms with E-state index in [0.29, 0.717) is 19.6 Å². The Bertz CT molecular complexity index is 363. The average Bonchev–Trinajstić information content (AvgIpc) is 2.28. The van der Waals surface area contributed by atoms with Gasteiger partial charge in [-0.25, -0.2) is 4.98 Å². The fourth-order valence-electron chi connectivity index (χ4n) is 1.92. The molecule has 0 amide bonds. The monoisotopic (exact) mass is 239 g/mol. The van der Waals surface area contributed by atoms with Gasteiger partial charge >= 0.3 is 0 Å². The number of anilines is 1. The number of hydrogen-bond acceptors (Lipinski definition) is 5. The molecule has 0 aliphatic rings. The van der Waals surface area contributed by atoms with E-state index in [2.05, 4.69) is 4.98 Å². The highest BCUT2D eigenvalue weighted by atomic mass is 16.3. The van der Waals surface area contributed by atoms with E-state index < -0.39 is 0 Å². The SMILES string of the molecule is Cc1cc(C)c(CN)c(N(CCO)CCO)n1. The summed E-state index contributed by atoms with van der Waals surface area (Å²) in [4.78, 5) is 6.33. The summed E-state index contributed by atoms with van der Waals surface area (Å²) < 4.78 is 0. The predicted octanol–water partition coefficient (Wildman–Crippen LogP) is -0.0519. The smallest absolute Gasteiger partial charge is 0.133 e. The van der Waals surface area contributed by atoms with Crippen molar-refractivity contribution in [1.29, 1.82) is 0 Å². The zero-order valence-electron chi connectivity index (χ0n) is 10.5. The summed E-state index contributed by atoms with van der Waals surface area (Å²) in [7, 11) is 0. The van der Waals surface area contributed by atoms with Gasteiger partial charge in [0.2, 0.25) is 0 Å². The van der Waals surface area contributed by atoms with Crippen LogP contribution in [0.4, 0.5) is 5.82 Å². The van der Waals surface area contributed by atoms with E-state index >= 15 is 0 Å². The maximum atomic E-state index is 9.04. The molecule has 0 spiro atoms. The molecule has 17 heavy (non-hydrogen) atoms. The predicted molar refractivity (Wildman–Crippen MR) is 68.0 cm³/mol. The fourth-order valence-corrected chi connectivity index (χ4v) is 1.92. The highest BCUT2D eigenvalue weighted by Crippen LogP contribution is 2.21.